The number of ether oxygens (including phenoxy) is 1. The number of hydrogen-bond acceptors (Lipinski definition) is 9. The topological polar surface area (TPSA) is 176 Å². The van der Waals surface area contributed by atoms with Crippen LogP contribution in [0, 0.1) is 0 Å². The molecule has 1 aromatic heterocycles. The molecule has 18 heavy (non-hydrogen) atoms. The van der Waals surface area contributed by atoms with Crippen LogP contribution in [0.25, 0.3) is 0 Å². The van der Waals surface area contributed by atoms with Crippen LogP contribution >= 0.6 is 0 Å². The van der Waals surface area contributed by atoms with Crippen molar-refractivity contribution in [3.05, 3.63) is 10.5 Å². The fraction of sp³-hybridized carbons (Fsp3) is 0.625. The molecule has 1 aliphatic heterocycles. The van der Waals surface area contributed by atoms with Gasteiger partial charge in [-0.15, -0.1) is 0 Å². The first-order valence-electron chi connectivity index (χ1n) is 5.14. The Labute approximate surface area is 101 Å². The van der Waals surface area contributed by atoms with E-state index in [9.17, 15) is 9.90 Å². The zero-order valence-corrected chi connectivity index (χ0v) is 9.35. The summed E-state index contributed by atoms with van der Waals surface area (Å²) < 4.78 is 6.16. The molecule has 0 spiro atoms. The van der Waals surface area contributed by atoms with Crippen LogP contribution in [-0.4, -0.2) is 43.2 Å². The van der Waals surface area contributed by atoms with Crippen molar-refractivity contribution < 1.29 is 14.9 Å². The van der Waals surface area contributed by atoms with Gasteiger partial charge in [-0.3, -0.25) is 5.73 Å². The number of rotatable bonds is 2. The molecule has 0 aliphatic carbocycles. The Hall–Kier alpha value is -1.75. The number of nitrogen functional groups attached to an aromatic ring is 2. The highest BCUT2D eigenvalue weighted by Crippen LogP contribution is 2.33. The third kappa shape index (κ3) is 1.90. The zero-order chi connectivity index (χ0) is 13.5. The summed E-state index contributed by atoms with van der Waals surface area (Å²) in [5, 5.41) is 18.7. The van der Waals surface area contributed by atoms with Gasteiger partial charge in [0, 0.05) is 6.42 Å². The van der Waals surface area contributed by atoms with Gasteiger partial charge in [0.25, 0.3) is 0 Å². The summed E-state index contributed by atoms with van der Waals surface area (Å²) in [6, 6.07) is 0. The first-order valence-corrected chi connectivity index (χ1v) is 5.14. The molecule has 100 valence electrons. The van der Waals surface area contributed by atoms with Crippen LogP contribution < -0.4 is 22.9 Å². The second-order valence-corrected chi connectivity index (χ2v) is 4.03. The van der Waals surface area contributed by atoms with Gasteiger partial charge in [-0.25, -0.2) is 9.36 Å². The van der Waals surface area contributed by atoms with E-state index in [-0.39, 0.29) is 18.3 Å². The van der Waals surface area contributed by atoms with Gasteiger partial charge in [0.1, 0.15) is 12.3 Å². The summed E-state index contributed by atoms with van der Waals surface area (Å²) in [7, 11) is 0. The lowest BCUT2D eigenvalue weighted by molar-refractivity contribution is -0.124. The van der Waals surface area contributed by atoms with Crippen LogP contribution in [0.4, 0.5) is 11.9 Å². The summed E-state index contributed by atoms with van der Waals surface area (Å²) in [5.74, 6) is -0.458. The maximum absolute atomic E-state index is 11.6. The van der Waals surface area contributed by atoms with Crippen LogP contribution in [0.2, 0.25) is 0 Å². The maximum Gasteiger partial charge on any atom is 0.355 e. The van der Waals surface area contributed by atoms with Gasteiger partial charge in [0.2, 0.25) is 11.9 Å². The van der Waals surface area contributed by atoms with E-state index in [0.29, 0.717) is 0 Å². The van der Waals surface area contributed by atoms with Gasteiger partial charge < -0.3 is 26.4 Å². The molecule has 0 bridgehead atoms. The Balaban J connectivity index is 2.38. The molecule has 8 N–H and O–H groups in total. The monoisotopic (exact) mass is 258 g/mol. The molecule has 2 heterocycles. The fourth-order valence-corrected chi connectivity index (χ4v) is 1.79. The largest absolute Gasteiger partial charge is 0.392 e. The van der Waals surface area contributed by atoms with Crippen LogP contribution in [0.5, 0.6) is 0 Å². The Bertz CT molecular complexity index is 519. The second-order valence-electron chi connectivity index (χ2n) is 4.03. The molecule has 10 nitrogen and oxygen atoms in total. The van der Waals surface area contributed by atoms with Gasteiger partial charge in [-0.2, -0.15) is 9.97 Å². The lowest BCUT2D eigenvalue weighted by Gasteiger charge is -2.24. The van der Waals surface area contributed by atoms with Gasteiger partial charge in [-0.05, 0) is 0 Å². The average Bonchev–Trinajstić information content (AvgIpc) is 2.54. The van der Waals surface area contributed by atoms with Crippen LogP contribution in [0.15, 0.2) is 4.79 Å². The standard InChI is InChI=1S/C8H14N6O4/c9-5-12-6(10)14(7(17)13-5)4-1-3(16)8(11,2-15)18-4/h3-4,15-16H,1-2,11H2,(H4,9,10,12,13,17). The molecule has 0 amide bonds. The van der Waals surface area contributed by atoms with Crippen LogP contribution in [0.3, 0.4) is 0 Å². The quantitative estimate of drug-likeness (QED) is 0.364. The smallest absolute Gasteiger partial charge is 0.355 e. The van der Waals surface area contributed by atoms with Crippen molar-refractivity contribution >= 4 is 11.9 Å². The molecular weight excluding hydrogens is 244 g/mol. The Morgan fingerprint density at radius 3 is 2.67 bits per heavy atom. The molecule has 10 heteroatoms. The number of aliphatic hydroxyl groups is 2. The molecule has 0 saturated carbocycles. The van der Waals surface area contributed by atoms with Crippen molar-refractivity contribution in [2.75, 3.05) is 18.1 Å². The minimum absolute atomic E-state index is 0.0194. The van der Waals surface area contributed by atoms with E-state index < -0.39 is 30.4 Å². The van der Waals surface area contributed by atoms with Crippen LogP contribution in [-0.2, 0) is 4.74 Å². The highest BCUT2D eigenvalue weighted by molar-refractivity contribution is 5.25. The number of aliphatic hydroxyl groups excluding tert-OH is 2. The number of aromatic nitrogens is 3. The second kappa shape index (κ2) is 4.17. The predicted octanol–water partition coefficient (Wildman–Crippen LogP) is -3.27. The molecule has 1 aromatic rings. The van der Waals surface area contributed by atoms with Crippen molar-refractivity contribution in [3.8, 4) is 0 Å². The summed E-state index contributed by atoms with van der Waals surface area (Å²) in [6.45, 7) is -0.602. The number of nitrogens with two attached hydrogens (primary N) is 3. The van der Waals surface area contributed by atoms with E-state index >= 15 is 0 Å². The molecule has 3 atom stereocenters. The average molecular weight is 258 g/mol. The van der Waals surface area contributed by atoms with Gasteiger partial charge in [0.15, 0.2) is 5.72 Å². The Morgan fingerprint density at radius 2 is 2.17 bits per heavy atom. The van der Waals surface area contributed by atoms with E-state index in [4.69, 9.17) is 27.0 Å². The van der Waals surface area contributed by atoms with Crippen molar-refractivity contribution in [2.24, 2.45) is 5.73 Å². The minimum atomic E-state index is -1.64. The SMILES string of the molecule is Nc1nc(N)n(C2CC(O)C(N)(CO)O2)c(=O)n1. The van der Waals surface area contributed by atoms with E-state index in [0.717, 1.165) is 4.57 Å². The molecule has 2 rings (SSSR count). The summed E-state index contributed by atoms with van der Waals surface area (Å²) in [4.78, 5) is 18.7. The third-order valence-corrected chi connectivity index (χ3v) is 2.77. The summed E-state index contributed by atoms with van der Waals surface area (Å²) >= 11 is 0. The number of hydrogen-bond donors (Lipinski definition) is 5. The van der Waals surface area contributed by atoms with E-state index in [2.05, 4.69) is 9.97 Å². The molecule has 0 aromatic carbocycles. The highest BCUT2D eigenvalue weighted by atomic mass is 16.6. The highest BCUT2D eigenvalue weighted by Gasteiger charge is 2.46. The Kier molecular flexibility index (Phi) is 2.94. The first-order chi connectivity index (χ1) is 8.37. The summed E-state index contributed by atoms with van der Waals surface area (Å²) in [6.07, 6.45) is -2.12. The molecule has 1 fully saturated rings. The Morgan fingerprint density at radius 1 is 1.50 bits per heavy atom. The van der Waals surface area contributed by atoms with Gasteiger partial charge >= 0.3 is 5.69 Å². The number of nitrogens with zero attached hydrogens (tertiary/aromatic N) is 3. The van der Waals surface area contributed by atoms with Crippen molar-refractivity contribution in [3.63, 3.8) is 0 Å². The molecule has 1 saturated heterocycles. The lowest BCUT2D eigenvalue weighted by Crippen LogP contribution is -2.52. The van der Waals surface area contributed by atoms with Crippen molar-refractivity contribution in [2.45, 2.75) is 24.5 Å². The summed E-state index contributed by atoms with van der Waals surface area (Å²) in [5.41, 5.74) is 14.0. The normalized spacial score (nSPS) is 31.7. The van der Waals surface area contributed by atoms with E-state index in [1.54, 1.807) is 0 Å². The predicted molar refractivity (Wildman–Crippen MR) is 59.9 cm³/mol. The number of anilines is 2. The molecule has 3 unspecified atom stereocenters. The maximum atomic E-state index is 11.6. The van der Waals surface area contributed by atoms with E-state index in [1.165, 1.54) is 0 Å². The third-order valence-electron chi connectivity index (χ3n) is 2.77. The van der Waals surface area contributed by atoms with Crippen LogP contribution in [0.1, 0.15) is 12.6 Å². The van der Waals surface area contributed by atoms with Crippen molar-refractivity contribution in [1.29, 1.82) is 0 Å². The van der Waals surface area contributed by atoms with E-state index in [1.807, 2.05) is 0 Å². The fourth-order valence-electron chi connectivity index (χ4n) is 1.79. The zero-order valence-electron chi connectivity index (χ0n) is 9.35. The van der Waals surface area contributed by atoms with Crippen molar-refractivity contribution in [1.82, 2.24) is 14.5 Å². The molecular formula is C8H14N6O4. The van der Waals surface area contributed by atoms with Gasteiger partial charge in [0.05, 0.1) is 6.61 Å². The lowest BCUT2D eigenvalue weighted by atomic mass is 10.1. The van der Waals surface area contributed by atoms with Gasteiger partial charge in [-0.1, -0.05) is 0 Å². The minimum Gasteiger partial charge on any atom is -0.392 e. The first kappa shape index (κ1) is 12.7. The molecule has 1 aliphatic rings. The molecule has 0 radical (unpaired) electrons.